The third-order valence-electron chi connectivity index (χ3n) is 4.36. The Hall–Kier alpha value is -2.95. The van der Waals surface area contributed by atoms with Crippen LogP contribution in [0.4, 0.5) is 11.8 Å². The molecule has 0 radical (unpaired) electrons. The molecule has 0 saturated heterocycles. The van der Waals surface area contributed by atoms with Gasteiger partial charge in [-0.3, -0.25) is 0 Å². The highest BCUT2D eigenvalue weighted by Gasteiger charge is 2.14. The van der Waals surface area contributed by atoms with Crippen molar-refractivity contribution < 1.29 is 0 Å². The Morgan fingerprint density at radius 1 is 1.00 bits per heavy atom. The summed E-state index contributed by atoms with van der Waals surface area (Å²) in [6, 6.07) is 19.0. The van der Waals surface area contributed by atoms with Crippen LogP contribution in [-0.4, -0.2) is 21.2 Å². The van der Waals surface area contributed by atoms with E-state index in [9.17, 15) is 0 Å². The van der Waals surface area contributed by atoms with Gasteiger partial charge in [0.25, 0.3) is 0 Å². The molecule has 0 saturated carbocycles. The molecule has 1 N–H and O–H groups in total. The molecule has 2 aromatic carbocycles. The number of nitrogens with zero attached hydrogens (tertiary/aromatic N) is 4. The summed E-state index contributed by atoms with van der Waals surface area (Å²) < 4.78 is 0. The number of nitrogens with one attached hydrogen (secondary N) is 1. The maximum Gasteiger partial charge on any atom is 0.244 e. The fourth-order valence-electron chi connectivity index (χ4n) is 2.80. The van der Waals surface area contributed by atoms with Crippen molar-refractivity contribution in [3.63, 3.8) is 0 Å². The molecule has 0 unspecified atom stereocenters. The van der Waals surface area contributed by atoms with Crippen molar-refractivity contribution >= 4 is 11.8 Å². The van der Waals surface area contributed by atoms with E-state index >= 15 is 0 Å². The van der Waals surface area contributed by atoms with Gasteiger partial charge < -0.3 is 10.2 Å². The number of benzene rings is 2. The van der Waals surface area contributed by atoms with Crippen LogP contribution in [0.25, 0.3) is 0 Å². The first kappa shape index (κ1) is 17.9. The minimum absolute atomic E-state index is 0.302. The van der Waals surface area contributed by atoms with Gasteiger partial charge in [0.1, 0.15) is 0 Å². The first-order valence-corrected chi connectivity index (χ1v) is 8.92. The number of aryl methyl sites for hydroxylation is 1. The Morgan fingerprint density at radius 2 is 1.73 bits per heavy atom. The standard InChI is InChI=1S/C21H25N5/c1-16(2)26(15-18-10-5-4-6-11-18)20-14-23-25-21(24-20)22-13-19-12-8-7-9-17(19)3/h4-12,14,16H,13,15H2,1-3H3,(H,22,24,25). The molecule has 0 aliphatic rings. The predicted octanol–water partition coefficient (Wildman–Crippen LogP) is 4.21. The van der Waals surface area contributed by atoms with Gasteiger partial charge in [0.05, 0.1) is 6.20 Å². The molecule has 1 aromatic heterocycles. The molecule has 5 nitrogen and oxygen atoms in total. The van der Waals surface area contributed by atoms with E-state index in [0.29, 0.717) is 18.5 Å². The molecule has 0 fully saturated rings. The Morgan fingerprint density at radius 3 is 2.46 bits per heavy atom. The van der Waals surface area contributed by atoms with E-state index in [0.717, 1.165) is 12.4 Å². The van der Waals surface area contributed by atoms with Gasteiger partial charge in [-0.1, -0.05) is 54.6 Å². The molecule has 5 heteroatoms. The number of rotatable bonds is 7. The van der Waals surface area contributed by atoms with Gasteiger partial charge in [0.15, 0.2) is 5.82 Å². The van der Waals surface area contributed by atoms with Crippen molar-refractivity contribution in [2.24, 2.45) is 0 Å². The molecule has 134 valence electrons. The van der Waals surface area contributed by atoms with E-state index in [2.05, 4.69) is 82.6 Å². The van der Waals surface area contributed by atoms with Gasteiger partial charge in [-0.25, -0.2) is 0 Å². The number of hydrogen-bond donors (Lipinski definition) is 1. The Kier molecular flexibility index (Phi) is 5.79. The molecule has 0 aliphatic carbocycles. The van der Waals surface area contributed by atoms with E-state index in [-0.39, 0.29) is 0 Å². The highest BCUT2D eigenvalue weighted by atomic mass is 15.3. The van der Waals surface area contributed by atoms with Crippen molar-refractivity contribution in [1.82, 2.24) is 15.2 Å². The molecule has 3 aromatic rings. The number of anilines is 2. The van der Waals surface area contributed by atoms with Crippen molar-refractivity contribution in [3.05, 3.63) is 77.5 Å². The zero-order valence-corrected chi connectivity index (χ0v) is 15.6. The molecule has 0 aliphatic heterocycles. The van der Waals surface area contributed by atoms with E-state index in [1.54, 1.807) is 6.20 Å². The smallest absolute Gasteiger partial charge is 0.244 e. The molecule has 26 heavy (non-hydrogen) atoms. The van der Waals surface area contributed by atoms with Crippen molar-refractivity contribution in [1.29, 1.82) is 0 Å². The summed E-state index contributed by atoms with van der Waals surface area (Å²) >= 11 is 0. The predicted molar refractivity (Wildman–Crippen MR) is 106 cm³/mol. The van der Waals surface area contributed by atoms with Crippen LogP contribution in [0, 0.1) is 6.92 Å². The van der Waals surface area contributed by atoms with Crippen molar-refractivity contribution in [3.8, 4) is 0 Å². The second-order valence-corrected chi connectivity index (χ2v) is 6.63. The summed E-state index contributed by atoms with van der Waals surface area (Å²) in [5, 5.41) is 11.6. The summed E-state index contributed by atoms with van der Waals surface area (Å²) in [6.45, 7) is 7.89. The van der Waals surface area contributed by atoms with E-state index < -0.39 is 0 Å². The lowest BCUT2D eigenvalue weighted by Crippen LogP contribution is -2.31. The Labute approximate surface area is 155 Å². The lowest BCUT2D eigenvalue weighted by atomic mass is 10.1. The Balaban J connectivity index is 1.75. The van der Waals surface area contributed by atoms with E-state index in [1.165, 1.54) is 16.7 Å². The molecule has 0 amide bonds. The van der Waals surface area contributed by atoms with Gasteiger partial charge >= 0.3 is 0 Å². The summed E-state index contributed by atoms with van der Waals surface area (Å²) in [5.41, 5.74) is 3.72. The van der Waals surface area contributed by atoms with Crippen molar-refractivity contribution in [2.75, 3.05) is 10.2 Å². The monoisotopic (exact) mass is 347 g/mol. The molecule has 3 rings (SSSR count). The van der Waals surface area contributed by atoms with Gasteiger partial charge in [-0.2, -0.15) is 10.1 Å². The normalized spacial score (nSPS) is 10.8. The first-order chi connectivity index (χ1) is 12.6. The van der Waals surface area contributed by atoms with Crippen LogP contribution < -0.4 is 10.2 Å². The fourth-order valence-corrected chi connectivity index (χ4v) is 2.80. The van der Waals surface area contributed by atoms with Crippen molar-refractivity contribution in [2.45, 2.75) is 39.9 Å². The third kappa shape index (κ3) is 4.57. The van der Waals surface area contributed by atoms with Gasteiger partial charge in [-0.15, -0.1) is 5.10 Å². The van der Waals surface area contributed by atoms with Crippen LogP contribution >= 0.6 is 0 Å². The first-order valence-electron chi connectivity index (χ1n) is 8.92. The largest absolute Gasteiger partial charge is 0.349 e. The lowest BCUT2D eigenvalue weighted by molar-refractivity contribution is 0.667. The lowest BCUT2D eigenvalue weighted by Gasteiger charge is -2.27. The highest BCUT2D eigenvalue weighted by Crippen LogP contribution is 2.18. The second kappa shape index (κ2) is 8.43. The third-order valence-corrected chi connectivity index (χ3v) is 4.36. The topological polar surface area (TPSA) is 53.9 Å². The summed E-state index contributed by atoms with van der Waals surface area (Å²) in [5.74, 6) is 1.37. The van der Waals surface area contributed by atoms with E-state index in [4.69, 9.17) is 0 Å². The fraction of sp³-hybridized carbons (Fsp3) is 0.286. The molecule has 0 atom stereocenters. The summed E-state index contributed by atoms with van der Waals surface area (Å²) in [7, 11) is 0. The highest BCUT2D eigenvalue weighted by molar-refractivity contribution is 5.42. The number of hydrogen-bond acceptors (Lipinski definition) is 5. The summed E-state index contributed by atoms with van der Waals surface area (Å²) in [4.78, 5) is 6.90. The maximum absolute atomic E-state index is 4.68. The maximum atomic E-state index is 4.68. The SMILES string of the molecule is Cc1ccccc1CNc1nncc(N(Cc2ccccc2)C(C)C)n1. The Bertz CT molecular complexity index is 833. The van der Waals surface area contributed by atoms with Crippen LogP contribution in [0.15, 0.2) is 60.8 Å². The van der Waals surface area contributed by atoms with Gasteiger partial charge in [0.2, 0.25) is 5.95 Å². The second-order valence-electron chi connectivity index (χ2n) is 6.63. The van der Waals surface area contributed by atoms with Crippen LogP contribution in [0.2, 0.25) is 0 Å². The molecular weight excluding hydrogens is 322 g/mol. The zero-order valence-electron chi connectivity index (χ0n) is 15.6. The average Bonchev–Trinajstić information content (AvgIpc) is 2.66. The van der Waals surface area contributed by atoms with Gasteiger partial charge in [-0.05, 0) is 37.5 Å². The van der Waals surface area contributed by atoms with Crippen LogP contribution in [0.3, 0.4) is 0 Å². The van der Waals surface area contributed by atoms with Crippen LogP contribution in [0.1, 0.15) is 30.5 Å². The van der Waals surface area contributed by atoms with E-state index in [1.807, 2.05) is 18.2 Å². The molecule has 1 heterocycles. The molecule has 0 spiro atoms. The zero-order chi connectivity index (χ0) is 18.4. The molecular formula is C21H25N5. The minimum Gasteiger partial charge on any atom is -0.349 e. The molecule has 0 bridgehead atoms. The van der Waals surface area contributed by atoms with Gasteiger partial charge in [0, 0.05) is 19.1 Å². The van der Waals surface area contributed by atoms with Crippen LogP contribution in [0.5, 0.6) is 0 Å². The summed E-state index contributed by atoms with van der Waals surface area (Å²) in [6.07, 6.45) is 1.72. The average molecular weight is 347 g/mol. The quantitative estimate of drug-likeness (QED) is 0.694. The number of aromatic nitrogens is 3. The van der Waals surface area contributed by atoms with Crippen LogP contribution in [-0.2, 0) is 13.1 Å². The minimum atomic E-state index is 0.302.